The van der Waals surface area contributed by atoms with E-state index in [1.807, 2.05) is 30.3 Å². The molecule has 0 radical (unpaired) electrons. The normalized spacial score (nSPS) is 11.2. The van der Waals surface area contributed by atoms with Gasteiger partial charge in [-0.3, -0.25) is 4.90 Å². The molecular formula is C14H18FN3S. The number of hydrogen-bond donors (Lipinski definition) is 1. The zero-order chi connectivity index (χ0) is 13.8. The number of hydrogen-bond acceptors (Lipinski definition) is 4. The van der Waals surface area contributed by atoms with E-state index in [4.69, 9.17) is 5.73 Å². The Morgan fingerprint density at radius 3 is 2.68 bits per heavy atom. The molecule has 5 heteroatoms. The van der Waals surface area contributed by atoms with Crippen LogP contribution in [-0.2, 0) is 19.6 Å². The molecule has 0 saturated heterocycles. The van der Waals surface area contributed by atoms with E-state index in [1.165, 1.54) is 0 Å². The van der Waals surface area contributed by atoms with Crippen molar-refractivity contribution in [3.63, 3.8) is 0 Å². The number of aryl methyl sites for hydroxylation is 1. The van der Waals surface area contributed by atoms with Crippen LogP contribution < -0.4 is 5.73 Å². The van der Waals surface area contributed by atoms with Crippen LogP contribution in [0.3, 0.4) is 0 Å². The van der Waals surface area contributed by atoms with Gasteiger partial charge in [0.25, 0.3) is 0 Å². The molecule has 2 rings (SSSR count). The number of halogens is 1. The number of thiazole rings is 1. The summed E-state index contributed by atoms with van der Waals surface area (Å²) in [5, 5.41) is 3.10. The zero-order valence-corrected chi connectivity index (χ0v) is 12.0. The Labute approximate surface area is 116 Å². The van der Waals surface area contributed by atoms with Gasteiger partial charge >= 0.3 is 0 Å². The second-order valence-electron chi connectivity index (χ2n) is 4.62. The van der Waals surface area contributed by atoms with Crippen molar-refractivity contribution in [3.05, 3.63) is 51.2 Å². The van der Waals surface area contributed by atoms with Gasteiger partial charge in [-0.2, -0.15) is 0 Å². The van der Waals surface area contributed by atoms with Crippen LogP contribution in [0.25, 0.3) is 0 Å². The summed E-state index contributed by atoms with van der Waals surface area (Å²) in [5.74, 6) is -0.189. The average Bonchev–Trinajstić information content (AvgIpc) is 2.77. The highest BCUT2D eigenvalue weighted by Gasteiger charge is 2.10. The van der Waals surface area contributed by atoms with Crippen molar-refractivity contribution in [2.24, 2.45) is 5.73 Å². The molecule has 1 heterocycles. The lowest BCUT2D eigenvalue weighted by atomic mass is 10.1. The van der Waals surface area contributed by atoms with E-state index in [0.717, 1.165) is 17.2 Å². The van der Waals surface area contributed by atoms with Crippen molar-refractivity contribution in [2.45, 2.75) is 26.6 Å². The Morgan fingerprint density at radius 2 is 2.05 bits per heavy atom. The van der Waals surface area contributed by atoms with E-state index in [-0.39, 0.29) is 12.4 Å². The molecule has 2 aromatic rings. The predicted molar refractivity (Wildman–Crippen MR) is 76.3 cm³/mol. The third kappa shape index (κ3) is 3.59. The van der Waals surface area contributed by atoms with Crippen molar-refractivity contribution in [1.29, 1.82) is 0 Å². The maximum Gasteiger partial charge on any atom is 0.132 e. The van der Waals surface area contributed by atoms with Crippen molar-refractivity contribution in [1.82, 2.24) is 9.88 Å². The van der Waals surface area contributed by atoms with Crippen molar-refractivity contribution >= 4 is 11.3 Å². The largest absolute Gasteiger partial charge is 0.326 e. The first-order chi connectivity index (χ1) is 9.10. The van der Waals surface area contributed by atoms with Crippen LogP contribution in [-0.4, -0.2) is 16.9 Å². The summed E-state index contributed by atoms with van der Waals surface area (Å²) in [5.41, 5.74) is 7.79. The number of nitrogens with zero attached hydrogens (tertiary/aromatic N) is 2. The molecule has 1 aromatic carbocycles. The van der Waals surface area contributed by atoms with E-state index < -0.39 is 0 Å². The van der Waals surface area contributed by atoms with Gasteiger partial charge in [-0.1, -0.05) is 18.2 Å². The standard InChI is InChI=1S/C14H18FN3S/c1-10-17-13(9-19-10)8-18(2)7-12-5-3-4-11(6-16)14(12)15/h3-5,9H,6-8,16H2,1-2H3. The predicted octanol–water partition coefficient (Wildman–Crippen LogP) is 2.68. The molecular weight excluding hydrogens is 261 g/mol. The summed E-state index contributed by atoms with van der Waals surface area (Å²) < 4.78 is 14.1. The fourth-order valence-electron chi connectivity index (χ4n) is 2.02. The molecule has 0 aliphatic carbocycles. The molecule has 2 N–H and O–H groups in total. The Morgan fingerprint density at radius 1 is 1.32 bits per heavy atom. The minimum Gasteiger partial charge on any atom is -0.326 e. The molecule has 0 atom stereocenters. The Balaban J connectivity index is 2.04. The van der Waals surface area contributed by atoms with Gasteiger partial charge < -0.3 is 5.73 Å². The van der Waals surface area contributed by atoms with Gasteiger partial charge in [0.2, 0.25) is 0 Å². The van der Waals surface area contributed by atoms with Gasteiger partial charge in [0.15, 0.2) is 0 Å². The summed E-state index contributed by atoms with van der Waals surface area (Å²) in [6, 6.07) is 5.38. The zero-order valence-electron chi connectivity index (χ0n) is 11.2. The molecule has 19 heavy (non-hydrogen) atoms. The fourth-order valence-corrected chi connectivity index (χ4v) is 2.62. The number of aromatic nitrogens is 1. The molecule has 0 aliphatic rings. The van der Waals surface area contributed by atoms with Gasteiger partial charge in [-0.05, 0) is 14.0 Å². The molecule has 0 spiro atoms. The third-order valence-electron chi connectivity index (χ3n) is 2.92. The van der Waals surface area contributed by atoms with Crippen LogP contribution in [0.15, 0.2) is 23.6 Å². The SMILES string of the molecule is Cc1nc(CN(C)Cc2cccc(CN)c2F)cs1. The molecule has 0 bridgehead atoms. The third-order valence-corrected chi connectivity index (χ3v) is 3.74. The maximum absolute atomic E-state index is 14.1. The number of nitrogens with two attached hydrogens (primary N) is 1. The molecule has 0 amide bonds. The van der Waals surface area contributed by atoms with Crippen LogP contribution in [0.5, 0.6) is 0 Å². The van der Waals surface area contributed by atoms with Crippen LogP contribution >= 0.6 is 11.3 Å². The fraction of sp³-hybridized carbons (Fsp3) is 0.357. The smallest absolute Gasteiger partial charge is 0.132 e. The highest BCUT2D eigenvalue weighted by molar-refractivity contribution is 7.09. The Kier molecular flexibility index (Phi) is 4.63. The summed E-state index contributed by atoms with van der Waals surface area (Å²) in [7, 11) is 1.96. The van der Waals surface area contributed by atoms with Gasteiger partial charge in [-0.25, -0.2) is 9.37 Å². The first kappa shape index (κ1) is 14.1. The van der Waals surface area contributed by atoms with E-state index in [2.05, 4.69) is 4.98 Å². The Bertz CT molecular complexity index is 553. The molecule has 0 fully saturated rings. The van der Waals surface area contributed by atoms with E-state index in [9.17, 15) is 4.39 Å². The number of rotatable bonds is 5. The molecule has 1 aromatic heterocycles. The Hall–Kier alpha value is -1.30. The highest BCUT2D eigenvalue weighted by atomic mass is 32.1. The lowest BCUT2D eigenvalue weighted by Crippen LogP contribution is -2.19. The quantitative estimate of drug-likeness (QED) is 0.915. The topological polar surface area (TPSA) is 42.2 Å². The van der Waals surface area contributed by atoms with E-state index in [0.29, 0.717) is 17.7 Å². The van der Waals surface area contributed by atoms with Gasteiger partial charge in [0, 0.05) is 36.1 Å². The van der Waals surface area contributed by atoms with Gasteiger partial charge in [0.1, 0.15) is 5.82 Å². The average molecular weight is 279 g/mol. The van der Waals surface area contributed by atoms with Crippen LogP contribution in [0, 0.1) is 12.7 Å². The first-order valence-electron chi connectivity index (χ1n) is 6.16. The summed E-state index contributed by atoms with van der Waals surface area (Å²) in [6.07, 6.45) is 0. The first-order valence-corrected chi connectivity index (χ1v) is 7.04. The van der Waals surface area contributed by atoms with Crippen molar-refractivity contribution in [2.75, 3.05) is 7.05 Å². The van der Waals surface area contributed by atoms with E-state index in [1.54, 1.807) is 23.5 Å². The maximum atomic E-state index is 14.1. The van der Waals surface area contributed by atoms with Gasteiger partial charge in [-0.15, -0.1) is 11.3 Å². The molecule has 0 saturated carbocycles. The molecule has 0 unspecified atom stereocenters. The second kappa shape index (κ2) is 6.23. The molecule has 3 nitrogen and oxygen atoms in total. The van der Waals surface area contributed by atoms with E-state index >= 15 is 0 Å². The van der Waals surface area contributed by atoms with Gasteiger partial charge in [0.05, 0.1) is 10.7 Å². The highest BCUT2D eigenvalue weighted by Crippen LogP contribution is 2.16. The van der Waals surface area contributed by atoms with Crippen LogP contribution in [0.2, 0.25) is 0 Å². The summed E-state index contributed by atoms with van der Waals surface area (Å²) >= 11 is 1.63. The van der Waals surface area contributed by atoms with Crippen molar-refractivity contribution < 1.29 is 4.39 Å². The molecule has 102 valence electrons. The number of benzene rings is 1. The minimum absolute atomic E-state index is 0.189. The summed E-state index contributed by atoms with van der Waals surface area (Å²) in [6.45, 7) is 3.49. The summed E-state index contributed by atoms with van der Waals surface area (Å²) in [4.78, 5) is 6.46. The molecule has 0 aliphatic heterocycles. The second-order valence-corrected chi connectivity index (χ2v) is 5.69. The van der Waals surface area contributed by atoms with Crippen LogP contribution in [0.4, 0.5) is 4.39 Å². The monoisotopic (exact) mass is 279 g/mol. The lowest BCUT2D eigenvalue weighted by Gasteiger charge is -2.16. The van der Waals surface area contributed by atoms with Crippen LogP contribution in [0.1, 0.15) is 21.8 Å². The lowest BCUT2D eigenvalue weighted by molar-refractivity contribution is 0.310. The minimum atomic E-state index is -0.189. The van der Waals surface area contributed by atoms with Crippen molar-refractivity contribution in [3.8, 4) is 0 Å².